The maximum absolute atomic E-state index is 12.8. The second-order valence-electron chi connectivity index (χ2n) is 15.7. The lowest BCUT2D eigenvalue weighted by Crippen LogP contribution is -2.70. The summed E-state index contributed by atoms with van der Waals surface area (Å²) in [6.07, 6.45) is -23.9. The van der Waals surface area contributed by atoms with Gasteiger partial charge in [-0.2, -0.15) is 0 Å². The predicted octanol–water partition coefficient (Wildman–Crippen LogP) is -5.09. The Bertz CT molecular complexity index is 1310. The third-order valence-electron chi connectivity index (χ3n) is 10.2. The third kappa shape index (κ3) is 13.5. The Hall–Kier alpha value is -2.43. The molecule has 0 aromatic rings. The highest BCUT2D eigenvalue weighted by Gasteiger charge is 2.56. The zero-order valence-electron chi connectivity index (χ0n) is 34.4. The molecule has 12 N–H and O–H groups in total. The van der Waals surface area contributed by atoms with E-state index in [-0.39, 0.29) is 25.0 Å². The van der Waals surface area contributed by atoms with E-state index < -0.39 is 154 Å². The van der Waals surface area contributed by atoms with Crippen molar-refractivity contribution in [2.24, 2.45) is 11.8 Å². The lowest BCUT2D eigenvalue weighted by Gasteiger charge is -2.51. The summed E-state index contributed by atoms with van der Waals surface area (Å²) in [5.74, 6) is -3.60. The molecule has 3 aliphatic heterocycles. The number of amides is 3. The maximum Gasteiger partial charge on any atom is 0.407 e. The van der Waals surface area contributed by atoms with Crippen LogP contribution in [0.4, 0.5) is 4.79 Å². The molecule has 0 saturated carbocycles. The number of nitrogens with one attached hydrogen (secondary N) is 3. The summed E-state index contributed by atoms with van der Waals surface area (Å²) in [7, 11) is 1.40. The van der Waals surface area contributed by atoms with E-state index in [0.717, 1.165) is 0 Å². The Kier molecular flexibility index (Phi) is 20.0. The minimum Gasteiger partial charge on any atom is -0.447 e. The lowest BCUT2D eigenvalue weighted by atomic mass is 9.88. The van der Waals surface area contributed by atoms with Crippen LogP contribution in [0, 0.1) is 11.8 Å². The Morgan fingerprint density at radius 2 is 1.42 bits per heavy atom. The molecule has 3 fully saturated rings. The number of carbonyl (C=O) groups excluding carboxylic acids is 3. The van der Waals surface area contributed by atoms with Crippen LogP contribution in [-0.4, -0.2) is 214 Å². The SMILES string of the molecule is COCCOC(=O)NCC(=O)N[C@H]1C([C@H](O)[C@H](O)CO)O[C@](C)(O[C@@H]2C(O)[C@H](O[C@@H]3C(NC(C)=O)[C@H](OC(C(C)C)C(C)C)OC(CO)[C@@H]3O)OC(CO)[C@@H]2O)C[C@@H]1O. The smallest absolute Gasteiger partial charge is 0.407 e. The van der Waals surface area contributed by atoms with Gasteiger partial charge in [-0.15, -0.1) is 0 Å². The maximum atomic E-state index is 12.8. The molecule has 3 aliphatic rings. The molecule has 59 heavy (non-hydrogen) atoms. The van der Waals surface area contributed by atoms with Crippen molar-refractivity contribution in [2.45, 2.75) is 152 Å². The number of hydrogen-bond acceptors (Lipinski definition) is 20. The molecule has 3 amide bonds. The summed E-state index contributed by atoms with van der Waals surface area (Å²) in [6, 6.07) is -2.76. The van der Waals surface area contributed by atoms with E-state index in [1.165, 1.54) is 21.0 Å². The third-order valence-corrected chi connectivity index (χ3v) is 10.2. The van der Waals surface area contributed by atoms with Crippen molar-refractivity contribution in [3.63, 3.8) is 0 Å². The van der Waals surface area contributed by atoms with E-state index in [9.17, 15) is 60.3 Å². The van der Waals surface area contributed by atoms with Gasteiger partial charge in [0.25, 0.3) is 0 Å². The van der Waals surface area contributed by atoms with Crippen LogP contribution < -0.4 is 16.0 Å². The summed E-state index contributed by atoms with van der Waals surface area (Å²) >= 11 is 0. The summed E-state index contributed by atoms with van der Waals surface area (Å²) in [6.45, 7) is 6.90. The van der Waals surface area contributed by atoms with E-state index in [4.69, 9.17) is 37.9 Å². The minimum atomic E-state index is -2.07. The van der Waals surface area contributed by atoms with Crippen LogP contribution in [0.2, 0.25) is 0 Å². The summed E-state index contributed by atoms with van der Waals surface area (Å²) in [5.41, 5.74) is 0. The summed E-state index contributed by atoms with van der Waals surface area (Å²) in [4.78, 5) is 37.2. The van der Waals surface area contributed by atoms with Crippen LogP contribution in [0.5, 0.6) is 0 Å². The average Bonchev–Trinajstić information content (AvgIpc) is 3.17. The van der Waals surface area contributed by atoms with Gasteiger partial charge >= 0.3 is 6.09 Å². The molecule has 5 unspecified atom stereocenters. The number of hydrogen-bond donors (Lipinski definition) is 12. The molecular formula is C36H65N3O20. The van der Waals surface area contributed by atoms with Crippen molar-refractivity contribution in [1.82, 2.24) is 16.0 Å². The number of rotatable bonds is 20. The lowest BCUT2D eigenvalue weighted by molar-refractivity contribution is -0.385. The Labute approximate surface area is 342 Å². The second-order valence-corrected chi connectivity index (χ2v) is 15.7. The normalized spacial score (nSPS) is 36.3. The zero-order chi connectivity index (χ0) is 44.4. The minimum absolute atomic E-state index is 0.0382. The molecule has 3 heterocycles. The van der Waals surface area contributed by atoms with Gasteiger partial charge in [0.1, 0.15) is 80.2 Å². The molecule has 16 atom stereocenters. The van der Waals surface area contributed by atoms with Crippen LogP contribution >= 0.6 is 0 Å². The van der Waals surface area contributed by atoms with Crippen LogP contribution in [0.25, 0.3) is 0 Å². The summed E-state index contributed by atoms with van der Waals surface area (Å²) in [5, 5.41) is 104. The highest BCUT2D eigenvalue weighted by molar-refractivity contribution is 5.82. The zero-order valence-corrected chi connectivity index (χ0v) is 34.4. The van der Waals surface area contributed by atoms with Gasteiger partial charge < -0.3 is 99.8 Å². The quantitative estimate of drug-likeness (QED) is 0.0510. The van der Waals surface area contributed by atoms with Crippen molar-refractivity contribution in [3.8, 4) is 0 Å². The van der Waals surface area contributed by atoms with E-state index >= 15 is 0 Å². The van der Waals surface area contributed by atoms with Crippen LogP contribution in [-0.2, 0) is 47.5 Å². The predicted molar refractivity (Wildman–Crippen MR) is 198 cm³/mol. The van der Waals surface area contributed by atoms with Gasteiger partial charge in [0, 0.05) is 20.5 Å². The first kappa shape index (κ1) is 50.9. The molecule has 344 valence electrons. The fourth-order valence-electron chi connectivity index (χ4n) is 7.38. The molecule has 23 nitrogen and oxygen atoms in total. The van der Waals surface area contributed by atoms with Crippen molar-refractivity contribution in [3.05, 3.63) is 0 Å². The highest BCUT2D eigenvalue weighted by atomic mass is 16.8. The molecule has 3 rings (SSSR count). The molecule has 0 aromatic heterocycles. The summed E-state index contributed by atoms with van der Waals surface area (Å²) < 4.78 is 45.8. The van der Waals surface area contributed by atoms with E-state index in [1.807, 2.05) is 27.7 Å². The van der Waals surface area contributed by atoms with Crippen molar-refractivity contribution >= 4 is 17.9 Å². The number of aliphatic hydroxyl groups is 9. The fourth-order valence-corrected chi connectivity index (χ4v) is 7.38. The van der Waals surface area contributed by atoms with Gasteiger partial charge in [0.05, 0.1) is 44.7 Å². The molecule has 23 heteroatoms. The first-order chi connectivity index (χ1) is 27.7. The Balaban J connectivity index is 1.90. The fraction of sp³-hybridized carbons (Fsp3) is 0.917. The van der Waals surface area contributed by atoms with Gasteiger partial charge in [-0.05, 0) is 18.8 Å². The second kappa shape index (κ2) is 23.1. The molecule has 3 saturated heterocycles. The van der Waals surface area contributed by atoms with Gasteiger partial charge in [0.15, 0.2) is 18.4 Å². The number of aliphatic hydroxyl groups excluding tert-OH is 9. The number of carbonyl (C=O) groups is 3. The van der Waals surface area contributed by atoms with Crippen LogP contribution in [0.15, 0.2) is 0 Å². The van der Waals surface area contributed by atoms with Gasteiger partial charge in [0.2, 0.25) is 11.8 Å². The molecule has 0 radical (unpaired) electrons. The van der Waals surface area contributed by atoms with Gasteiger partial charge in [-0.25, -0.2) is 4.79 Å². The number of ether oxygens (including phenoxy) is 8. The van der Waals surface area contributed by atoms with Crippen LogP contribution in [0.3, 0.4) is 0 Å². The molecular weight excluding hydrogens is 794 g/mol. The van der Waals surface area contributed by atoms with Crippen molar-refractivity contribution < 1.29 is 98.2 Å². The van der Waals surface area contributed by atoms with Crippen molar-refractivity contribution in [2.75, 3.05) is 46.7 Å². The van der Waals surface area contributed by atoms with Crippen molar-refractivity contribution in [1.29, 1.82) is 0 Å². The van der Waals surface area contributed by atoms with Crippen LogP contribution in [0.1, 0.15) is 48.0 Å². The number of alkyl carbamates (subject to hydrolysis) is 1. The van der Waals surface area contributed by atoms with Gasteiger partial charge in [-0.3, -0.25) is 9.59 Å². The van der Waals surface area contributed by atoms with E-state index in [1.54, 1.807) is 0 Å². The standard InChI is InChI=1S/C36H65N3O20/c1-15(2)29(16(3)4)56-33-24(38-17(5)43)30(26(48)20(13-41)54-33)57-34-28(50)32(27(49)21(14-42)55-34)59-36(6)10-18(44)23(31(58-36)25(47)19(45)12-40)39-22(46)11-37-35(51)53-9-8-52-7/h15-16,18-21,23-34,40-42,44-45,47-50H,8-14H2,1-7H3,(H,37,51)(H,38,43)(H,39,46)/t18-,19+,20?,21?,23+,24?,25+,26-,27-,28?,30+,31?,32-,33-,34-,36+/m0/s1. The average molecular weight is 860 g/mol. The van der Waals surface area contributed by atoms with E-state index in [2.05, 4.69) is 16.0 Å². The topological polar surface area (TPSA) is 343 Å². The molecule has 0 aliphatic carbocycles. The largest absolute Gasteiger partial charge is 0.447 e. The number of methoxy groups -OCH3 is 1. The van der Waals surface area contributed by atoms with Gasteiger partial charge in [-0.1, -0.05) is 27.7 Å². The molecule has 0 bridgehead atoms. The highest BCUT2D eigenvalue weighted by Crippen LogP contribution is 2.38. The first-order valence-corrected chi connectivity index (χ1v) is 19.6. The Morgan fingerprint density at radius 1 is 0.831 bits per heavy atom. The first-order valence-electron chi connectivity index (χ1n) is 19.6. The molecule has 0 spiro atoms. The Morgan fingerprint density at radius 3 is 1.97 bits per heavy atom. The van der Waals surface area contributed by atoms with E-state index in [0.29, 0.717) is 0 Å². The monoisotopic (exact) mass is 859 g/mol. The molecule has 0 aromatic carbocycles.